The van der Waals surface area contributed by atoms with Gasteiger partial charge < -0.3 is 14.2 Å². The summed E-state index contributed by atoms with van der Waals surface area (Å²) in [4.78, 5) is 18.6. The molecule has 0 saturated carbocycles. The molecule has 26 heavy (non-hydrogen) atoms. The maximum Gasteiger partial charge on any atom is 0.232 e. The Hall–Kier alpha value is -2.86. The molecule has 0 radical (unpaired) electrons. The van der Waals surface area contributed by atoms with Crippen molar-refractivity contribution in [1.82, 2.24) is 10.1 Å². The Kier molecular flexibility index (Phi) is 4.34. The van der Waals surface area contributed by atoms with Gasteiger partial charge in [0.15, 0.2) is 0 Å². The number of para-hydroxylation sites is 2. The Morgan fingerprint density at radius 3 is 2.77 bits per heavy atom. The van der Waals surface area contributed by atoms with Crippen LogP contribution in [0.5, 0.6) is 5.75 Å². The molecule has 0 spiro atoms. The lowest BCUT2D eigenvalue weighted by molar-refractivity contribution is -0.117. The van der Waals surface area contributed by atoms with E-state index in [1.54, 1.807) is 18.1 Å². The molecule has 1 aliphatic rings. The summed E-state index contributed by atoms with van der Waals surface area (Å²) >= 11 is 6.22. The first kappa shape index (κ1) is 16.6. The number of amides is 1. The standard InChI is InChI=1S/C19H16ClN3O3/c1-25-16-9-5-2-6-13(16)18-21-19(26-22-18)12-10-17(24)23(11-12)15-8-4-3-7-14(15)20/h2-9,12H,10-11H2,1H3. The molecule has 1 aliphatic heterocycles. The van der Waals surface area contributed by atoms with Crippen LogP contribution >= 0.6 is 11.6 Å². The Morgan fingerprint density at radius 1 is 1.19 bits per heavy atom. The molecule has 1 saturated heterocycles. The first-order valence-corrected chi connectivity index (χ1v) is 8.57. The van der Waals surface area contributed by atoms with Gasteiger partial charge in [0, 0.05) is 13.0 Å². The van der Waals surface area contributed by atoms with Gasteiger partial charge in [0.1, 0.15) is 5.75 Å². The van der Waals surface area contributed by atoms with Crippen LogP contribution in [0.4, 0.5) is 5.69 Å². The van der Waals surface area contributed by atoms with Crippen molar-refractivity contribution < 1.29 is 14.1 Å². The average molecular weight is 370 g/mol. The lowest BCUT2D eigenvalue weighted by Gasteiger charge is -2.17. The third-order valence-electron chi connectivity index (χ3n) is 4.41. The maximum atomic E-state index is 12.4. The fraction of sp³-hybridized carbons (Fsp3) is 0.211. The molecule has 4 rings (SSSR count). The summed E-state index contributed by atoms with van der Waals surface area (Å²) in [5, 5.41) is 4.60. The summed E-state index contributed by atoms with van der Waals surface area (Å²) in [5.41, 5.74) is 1.45. The minimum absolute atomic E-state index is 0.0138. The van der Waals surface area contributed by atoms with Gasteiger partial charge in [-0.3, -0.25) is 4.79 Å². The van der Waals surface area contributed by atoms with Gasteiger partial charge in [-0.15, -0.1) is 0 Å². The van der Waals surface area contributed by atoms with Gasteiger partial charge in [-0.2, -0.15) is 4.98 Å². The molecule has 2 heterocycles. The molecule has 132 valence electrons. The Bertz CT molecular complexity index is 956. The molecule has 6 nitrogen and oxygen atoms in total. The van der Waals surface area contributed by atoms with Gasteiger partial charge in [-0.05, 0) is 24.3 Å². The fourth-order valence-corrected chi connectivity index (χ4v) is 3.35. The number of hydrogen-bond donors (Lipinski definition) is 0. The number of carbonyl (C=O) groups excluding carboxylic acids is 1. The van der Waals surface area contributed by atoms with E-state index in [-0.39, 0.29) is 11.8 Å². The van der Waals surface area contributed by atoms with E-state index in [0.29, 0.717) is 41.1 Å². The molecule has 1 fully saturated rings. The zero-order chi connectivity index (χ0) is 18.1. The average Bonchev–Trinajstić information content (AvgIpc) is 3.29. The highest BCUT2D eigenvalue weighted by Crippen LogP contribution is 2.35. The minimum atomic E-state index is -0.172. The van der Waals surface area contributed by atoms with E-state index < -0.39 is 0 Å². The van der Waals surface area contributed by atoms with Crippen LogP contribution in [0.2, 0.25) is 5.02 Å². The molecule has 1 amide bonds. The Balaban J connectivity index is 1.59. The number of hydrogen-bond acceptors (Lipinski definition) is 5. The number of anilines is 1. The van der Waals surface area contributed by atoms with E-state index in [2.05, 4.69) is 10.1 Å². The summed E-state index contributed by atoms with van der Waals surface area (Å²) < 4.78 is 10.8. The number of rotatable bonds is 4. The third kappa shape index (κ3) is 2.93. The van der Waals surface area contributed by atoms with E-state index >= 15 is 0 Å². The first-order chi connectivity index (χ1) is 12.7. The zero-order valence-corrected chi connectivity index (χ0v) is 14.8. The molecule has 7 heteroatoms. The molecule has 1 aromatic heterocycles. The topological polar surface area (TPSA) is 68.5 Å². The molecule has 3 aromatic rings. The molecule has 0 aliphatic carbocycles. The van der Waals surface area contributed by atoms with Gasteiger partial charge in [0.2, 0.25) is 17.6 Å². The highest BCUT2D eigenvalue weighted by Gasteiger charge is 2.36. The second-order valence-electron chi connectivity index (χ2n) is 6.01. The van der Waals surface area contributed by atoms with Crippen molar-refractivity contribution in [3.05, 3.63) is 59.4 Å². The fourth-order valence-electron chi connectivity index (χ4n) is 3.12. The first-order valence-electron chi connectivity index (χ1n) is 8.19. The minimum Gasteiger partial charge on any atom is -0.496 e. The van der Waals surface area contributed by atoms with Gasteiger partial charge in [-0.25, -0.2) is 0 Å². The van der Waals surface area contributed by atoms with Crippen LogP contribution in [-0.2, 0) is 4.79 Å². The summed E-state index contributed by atoms with van der Waals surface area (Å²) in [6.07, 6.45) is 0.304. The van der Waals surface area contributed by atoms with E-state index in [1.807, 2.05) is 42.5 Å². The monoisotopic (exact) mass is 369 g/mol. The van der Waals surface area contributed by atoms with Crippen LogP contribution in [0.15, 0.2) is 53.1 Å². The smallest absolute Gasteiger partial charge is 0.232 e. The normalized spacial score (nSPS) is 16.9. The van der Waals surface area contributed by atoms with Crippen molar-refractivity contribution in [1.29, 1.82) is 0 Å². The quantitative estimate of drug-likeness (QED) is 0.697. The van der Waals surface area contributed by atoms with Gasteiger partial charge >= 0.3 is 0 Å². The predicted octanol–water partition coefficient (Wildman–Crippen LogP) is 3.92. The summed E-state index contributed by atoms with van der Waals surface area (Å²) in [6.45, 7) is 0.454. The van der Waals surface area contributed by atoms with Gasteiger partial charge in [0.25, 0.3) is 0 Å². The molecular weight excluding hydrogens is 354 g/mol. The van der Waals surface area contributed by atoms with Crippen molar-refractivity contribution in [3.8, 4) is 17.1 Å². The van der Waals surface area contributed by atoms with Gasteiger partial charge in [-0.1, -0.05) is 41.0 Å². The van der Waals surface area contributed by atoms with Crippen LogP contribution in [0, 0.1) is 0 Å². The summed E-state index contributed by atoms with van der Waals surface area (Å²) in [5.74, 6) is 1.37. The Labute approximate surface area is 155 Å². The molecule has 0 bridgehead atoms. The maximum absolute atomic E-state index is 12.4. The zero-order valence-electron chi connectivity index (χ0n) is 14.1. The van der Waals surface area contributed by atoms with Crippen LogP contribution in [0.3, 0.4) is 0 Å². The van der Waals surface area contributed by atoms with Crippen molar-refractivity contribution in [2.24, 2.45) is 0 Å². The highest BCUT2D eigenvalue weighted by molar-refractivity contribution is 6.33. The Morgan fingerprint density at radius 2 is 1.96 bits per heavy atom. The number of carbonyl (C=O) groups is 1. The molecule has 2 aromatic carbocycles. The van der Waals surface area contributed by atoms with Crippen molar-refractivity contribution >= 4 is 23.2 Å². The largest absolute Gasteiger partial charge is 0.496 e. The summed E-state index contributed by atoms with van der Waals surface area (Å²) in [7, 11) is 1.59. The van der Waals surface area contributed by atoms with Crippen LogP contribution < -0.4 is 9.64 Å². The van der Waals surface area contributed by atoms with Crippen molar-refractivity contribution in [3.63, 3.8) is 0 Å². The molecule has 0 N–H and O–H groups in total. The van der Waals surface area contributed by atoms with E-state index in [9.17, 15) is 4.79 Å². The number of benzene rings is 2. The van der Waals surface area contributed by atoms with E-state index in [4.69, 9.17) is 20.9 Å². The number of methoxy groups -OCH3 is 1. The predicted molar refractivity (Wildman–Crippen MR) is 97.4 cm³/mol. The molecule has 1 atom stereocenters. The highest BCUT2D eigenvalue weighted by atomic mass is 35.5. The number of aromatic nitrogens is 2. The molecular formula is C19H16ClN3O3. The number of ether oxygens (including phenoxy) is 1. The second kappa shape index (κ2) is 6.80. The number of halogens is 1. The van der Waals surface area contributed by atoms with Crippen LogP contribution in [0.25, 0.3) is 11.4 Å². The van der Waals surface area contributed by atoms with E-state index in [1.165, 1.54) is 0 Å². The van der Waals surface area contributed by atoms with E-state index in [0.717, 1.165) is 5.56 Å². The van der Waals surface area contributed by atoms with Crippen LogP contribution in [-0.4, -0.2) is 29.7 Å². The van der Waals surface area contributed by atoms with Crippen molar-refractivity contribution in [2.75, 3.05) is 18.6 Å². The van der Waals surface area contributed by atoms with Gasteiger partial charge in [0.05, 0.1) is 29.3 Å². The van der Waals surface area contributed by atoms with Crippen molar-refractivity contribution in [2.45, 2.75) is 12.3 Å². The lowest BCUT2D eigenvalue weighted by atomic mass is 10.1. The number of nitrogens with zero attached hydrogens (tertiary/aromatic N) is 3. The summed E-state index contributed by atoms with van der Waals surface area (Å²) in [6, 6.07) is 14.7. The SMILES string of the molecule is COc1ccccc1-c1noc(C2CC(=O)N(c3ccccc3Cl)C2)n1. The molecule has 1 unspecified atom stereocenters. The lowest BCUT2D eigenvalue weighted by Crippen LogP contribution is -2.24. The second-order valence-corrected chi connectivity index (χ2v) is 6.42. The van der Waals surface area contributed by atoms with Crippen LogP contribution in [0.1, 0.15) is 18.2 Å². The third-order valence-corrected chi connectivity index (χ3v) is 4.73.